The monoisotopic (exact) mass is 473 g/mol. The third-order valence-corrected chi connectivity index (χ3v) is 12.5. The molecule has 5 aliphatic rings. The Bertz CT molecular complexity index is 750. The van der Waals surface area contributed by atoms with E-state index in [1.165, 1.54) is 64.2 Å². The van der Waals surface area contributed by atoms with E-state index in [2.05, 4.69) is 48.5 Å². The standard InChI is InChI=1S/C31H55NO2/c1-21(2)9-8-10-22(3)25-13-14-26-24-12-11-23-19-31(32(33)28(4,5)20-34-31)18-17-29(23,6)27(24)15-16-30(25,26)7/h21-27,33H,8-20H2,1-7H3/t22-,23?,24+,25-,26+,27+,29+,30-,31?/m1/s1. The number of fused-ring (bicyclic) bond motifs is 5. The molecule has 2 unspecified atom stereocenters. The highest BCUT2D eigenvalue weighted by Gasteiger charge is 2.64. The van der Waals surface area contributed by atoms with Gasteiger partial charge in [0, 0.05) is 0 Å². The summed E-state index contributed by atoms with van der Waals surface area (Å²) in [5, 5.41) is 12.7. The summed E-state index contributed by atoms with van der Waals surface area (Å²) in [6.45, 7) is 17.6. The van der Waals surface area contributed by atoms with Crippen LogP contribution >= 0.6 is 0 Å². The van der Waals surface area contributed by atoms with Crippen LogP contribution in [-0.4, -0.2) is 28.1 Å². The molecule has 5 fully saturated rings. The molecule has 3 heteroatoms. The molecule has 1 aliphatic heterocycles. The van der Waals surface area contributed by atoms with Crippen molar-refractivity contribution >= 4 is 0 Å². The van der Waals surface area contributed by atoms with Crippen molar-refractivity contribution in [3.05, 3.63) is 0 Å². The molecule has 0 aromatic rings. The molecule has 1 heterocycles. The van der Waals surface area contributed by atoms with Crippen LogP contribution in [0.3, 0.4) is 0 Å². The van der Waals surface area contributed by atoms with E-state index in [1.807, 2.05) is 0 Å². The zero-order chi connectivity index (χ0) is 24.5. The van der Waals surface area contributed by atoms with Crippen LogP contribution in [0.15, 0.2) is 0 Å². The van der Waals surface area contributed by atoms with E-state index in [0.717, 1.165) is 48.3 Å². The van der Waals surface area contributed by atoms with Gasteiger partial charge in [-0.1, -0.05) is 53.9 Å². The van der Waals surface area contributed by atoms with E-state index in [9.17, 15) is 5.21 Å². The second-order valence-corrected chi connectivity index (χ2v) is 15.3. The fourth-order valence-electron chi connectivity index (χ4n) is 10.5. The molecule has 4 aliphatic carbocycles. The van der Waals surface area contributed by atoms with Gasteiger partial charge in [0.1, 0.15) is 5.72 Å². The number of ether oxygens (including phenoxy) is 1. The lowest BCUT2D eigenvalue weighted by atomic mass is 9.44. The Morgan fingerprint density at radius 1 is 0.853 bits per heavy atom. The van der Waals surface area contributed by atoms with E-state index in [0.29, 0.717) is 23.4 Å². The molecule has 196 valence electrons. The minimum Gasteiger partial charge on any atom is -0.356 e. The third-order valence-electron chi connectivity index (χ3n) is 12.5. The number of hydroxylamine groups is 2. The van der Waals surface area contributed by atoms with Gasteiger partial charge in [0.15, 0.2) is 0 Å². The molecule has 4 saturated carbocycles. The predicted molar refractivity (Wildman–Crippen MR) is 139 cm³/mol. The van der Waals surface area contributed by atoms with Crippen LogP contribution in [0, 0.1) is 52.3 Å². The smallest absolute Gasteiger partial charge is 0.144 e. The highest BCUT2D eigenvalue weighted by atomic mass is 16.6. The van der Waals surface area contributed by atoms with Crippen molar-refractivity contribution in [1.29, 1.82) is 0 Å². The van der Waals surface area contributed by atoms with Gasteiger partial charge in [-0.2, -0.15) is 5.06 Å². The van der Waals surface area contributed by atoms with Gasteiger partial charge in [-0.25, -0.2) is 0 Å². The first-order valence-corrected chi connectivity index (χ1v) is 15.1. The molecule has 1 saturated heterocycles. The van der Waals surface area contributed by atoms with Gasteiger partial charge in [-0.05, 0) is 124 Å². The van der Waals surface area contributed by atoms with Gasteiger partial charge in [0.05, 0.1) is 12.1 Å². The van der Waals surface area contributed by atoms with E-state index < -0.39 is 5.72 Å². The predicted octanol–water partition coefficient (Wildman–Crippen LogP) is 8.30. The van der Waals surface area contributed by atoms with E-state index in [4.69, 9.17) is 4.74 Å². The summed E-state index contributed by atoms with van der Waals surface area (Å²) >= 11 is 0. The average molecular weight is 474 g/mol. The molecule has 0 bridgehead atoms. The molecular weight excluding hydrogens is 418 g/mol. The number of hydrogen-bond donors (Lipinski definition) is 1. The molecule has 34 heavy (non-hydrogen) atoms. The zero-order valence-electron chi connectivity index (χ0n) is 23.5. The lowest BCUT2D eigenvalue weighted by Crippen LogP contribution is -2.60. The molecule has 3 nitrogen and oxygen atoms in total. The molecule has 0 radical (unpaired) electrons. The Balaban J connectivity index is 1.29. The summed E-state index contributed by atoms with van der Waals surface area (Å²) in [5.74, 6) is 6.16. The van der Waals surface area contributed by atoms with Crippen LogP contribution in [0.25, 0.3) is 0 Å². The van der Waals surface area contributed by atoms with E-state index >= 15 is 0 Å². The van der Waals surface area contributed by atoms with Crippen molar-refractivity contribution in [3.8, 4) is 0 Å². The van der Waals surface area contributed by atoms with E-state index in [-0.39, 0.29) is 5.54 Å². The fourth-order valence-corrected chi connectivity index (χ4v) is 10.5. The van der Waals surface area contributed by atoms with Gasteiger partial charge < -0.3 is 9.94 Å². The molecule has 0 aromatic carbocycles. The van der Waals surface area contributed by atoms with Crippen LogP contribution < -0.4 is 0 Å². The first kappa shape index (κ1) is 25.5. The van der Waals surface area contributed by atoms with Crippen molar-refractivity contribution in [2.75, 3.05) is 6.61 Å². The third kappa shape index (κ3) is 3.85. The Kier molecular flexibility index (Phi) is 6.55. The van der Waals surface area contributed by atoms with Gasteiger partial charge >= 0.3 is 0 Å². The van der Waals surface area contributed by atoms with Gasteiger partial charge in [-0.15, -0.1) is 0 Å². The second kappa shape index (κ2) is 8.73. The molecular formula is C31H55NO2. The van der Waals surface area contributed by atoms with Gasteiger partial charge in [0.25, 0.3) is 0 Å². The number of nitrogens with zero attached hydrogens (tertiary/aromatic N) is 1. The van der Waals surface area contributed by atoms with Crippen LogP contribution in [0.5, 0.6) is 0 Å². The van der Waals surface area contributed by atoms with Crippen LogP contribution in [0.1, 0.15) is 126 Å². The summed E-state index contributed by atoms with van der Waals surface area (Å²) in [4.78, 5) is 0. The molecule has 0 aromatic heterocycles. The van der Waals surface area contributed by atoms with Crippen molar-refractivity contribution in [2.24, 2.45) is 52.3 Å². The van der Waals surface area contributed by atoms with Gasteiger partial charge in [-0.3, -0.25) is 0 Å². The second-order valence-electron chi connectivity index (χ2n) is 15.3. The first-order valence-electron chi connectivity index (χ1n) is 15.1. The molecule has 5 rings (SSSR count). The summed E-state index contributed by atoms with van der Waals surface area (Å²) in [7, 11) is 0. The molecule has 1 N–H and O–H groups in total. The maximum absolute atomic E-state index is 11.1. The van der Waals surface area contributed by atoms with Gasteiger partial charge in [0.2, 0.25) is 0 Å². The van der Waals surface area contributed by atoms with E-state index in [1.54, 1.807) is 5.06 Å². The van der Waals surface area contributed by atoms with Crippen molar-refractivity contribution in [3.63, 3.8) is 0 Å². The Morgan fingerprint density at radius 3 is 2.26 bits per heavy atom. The summed E-state index contributed by atoms with van der Waals surface area (Å²) < 4.78 is 6.39. The highest BCUT2D eigenvalue weighted by Crippen LogP contribution is 2.69. The Hall–Kier alpha value is -0.120. The summed E-state index contributed by atoms with van der Waals surface area (Å²) in [5.41, 5.74) is 0.335. The minimum absolute atomic E-state index is 0.262. The summed E-state index contributed by atoms with van der Waals surface area (Å²) in [6, 6.07) is 0. The normalized spacial score (nSPS) is 49.1. The zero-order valence-corrected chi connectivity index (χ0v) is 23.5. The SMILES string of the molecule is CC(C)CCC[C@@H](C)[C@H]1CC[C@H]2[C@@H]3CCC4CC5(CC[C@]4(C)[C@H]3CC[C@]12C)OCC(C)(C)N5O. The van der Waals surface area contributed by atoms with Crippen molar-refractivity contribution in [2.45, 2.75) is 137 Å². The molecule has 1 spiro atoms. The Morgan fingerprint density at radius 2 is 1.59 bits per heavy atom. The van der Waals surface area contributed by atoms with Crippen LogP contribution in [0.2, 0.25) is 0 Å². The first-order chi connectivity index (χ1) is 15.9. The van der Waals surface area contributed by atoms with Crippen LogP contribution in [-0.2, 0) is 4.74 Å². The summed E-state index contributed by atoms with van der Waals surface area (Å²) in [6.07, 6.45) is 16.2. The van der Waals surface area contributed by atoms with Crippen LogP contribution in [0.4, 0.5) is 0 Å². The Labute approximate surface area is 210 Å². The average Bonchev–Trinajstić information content (AvgIpc) is 3.24. The number of hydrogen-bond acceptors (Lipinski definition) is 3. The molecule has 9 atom stereocenters. The largest absolute Gasteiger partial charge is 0.356 e. The topological polar surface area (TPSA) is 32.7 Å². The van der Waals surface area contributed by atoms with Crippen molar-refractivity contribution < 1.29 is 9.94 Å². The lowest BCUT2D eigenvalue weighted by Gasteiger charge is -2.62. The molecule has 0 amide bonds. The fraction of sp³-hybridized carbons (Fsp3) is 1.00. The highest BCUT2D eigenvalue weighted by molar-refractivity contribution is 5.12. The maximum atomic E-state index is 11.1. The maximum Gasteiger partial charge on any atom is 0.144 e. The number of rotatable bonds is 5. The quantitative estimate of drug-likeness (QED) is 0.436. The minimum atomic E-state index is -0.423. The van der Waals surface area contributed by atoms with Crippen molar-refractivity contribution in [1.82, 2.24) is 5.06 Å². The lowest BCUT2D eigenvalue weighted by molar-refractivity contribution is -0.283.